The number of halogens is 3. The molecule has 0 fully saturated rings. The van der Waals surface area contributed by atoms with Crippen LogP contribution in [0.25, 0.3) is 0 Å². The normalized spacial score (nSPS) is 13.6. The maximum Gasteiger partial charge on any atom is 0.416 e. The van der Waals surface area contributed by atoms with Gasteiger partial charge >= 0.3 is 6.18 Å². The van der Waals surface area contributed by atoms with Gasteiger partial charge in [-0.15, -0.1) is 0 Å². The van der Waals surface area contributed by atoms with Crippen LogP contribution in [-0.4, -0.2) is 14.7 Å². The van der Waals surface area contributed by atoms with E-state index in [-0.39, 0.29) is 0 Å². The first kappa shape index (κ1) is 12.6. The molecule has 0 radical (unpaired) electrons. The smallest absolute Gasteiger partial charge is 0.380 e. The Bertz CT molecular complexity index is 531. The Morgan fingerprint density at radius 2 is 1.83 bits per heavy atom. The first-order chi connectivity index (χ1) is 8.39. The summed E-state index contributed by atoms with van der Waals surface area (Å²) in [5.41, 5.74) is -0.365. The van der Waals surface area contributed by atoms with E-state index in [0.29, 0.717) is 11.4 Å². The number of rotatable bonds is 2. The number of alkyl halides is 3. The highest BCUT2D eigenvalue weighted by Gasteiger charge is 2.30. The largest absolute Gasteiger partial charge is 0.416 e. The topological polar surface area (TPSA) is 38.0 Å². The molecule has 0 aliphatic rings. The molecule has 1 aromatic heterocycles. The van der Waals surface area contributed by atoms with Gasteiger partial charge in [0, 0.05) is 19.4 Å². The second-order valence-corrected chi connectivity index (χ2v) is 3.92. The summed E-state index contributed by atoms with van der Waals surface area (Å²) in [5.74, 6) is 0.384. The number of hydrogen-bond acceptors (Lipinski definition) is 2. The number of nitrogens with zero attached hydrogens (tertiary/aromatic N) is 2. The Balaban J connectivity index is 2.28. The minimum absolute atomic E-state index is 0.373. The molecule has 1 aromatic carbocycles. The zero-order valence-electron chi connectivity index (χ0n) is 9.52. The fourth-order valence-corrected chi connectivity index (χ4v) is 1.64. The van der Waals surface area contributed by atoms with E-state index in [4.69, 9.17) is 0 Å². The molecule has 6 heteroatoms. The average Bonchev–Trinajstić information content (AvgIpc) is 2.73. The lowest BCUT2D eigenvalue weighted by molar-refractivity contribution is -0.137. The first-order valence-electron chi connectivity index (χ1n) is 5.22. The van der Waals surface area contributed by atoms with Gasteiger partial charge in [-0.2, -0.15) is 13.2 Å². The number of aliphatic hydroxyl groups excluding tert-OH is 1. The quantitative estimate of drug-likeness (QED) is 0.896. The van der Waals surface area contributed by atoms with E-state index in [2.05, 4.69) is 4.98 Å². The van der Waals surface area contributed by atoms with Crippen LogP contribution in [0.3, 0.4) is 0 Å². The van der Waals surface area contributed by atoms with Gasteiger partial charge in [0.05, 0.1) is 5.56 Å². The van der Waals surface area contributed by atoms with Gasteiger partial charge in [0.15, 0.2) is 0 Å². The average molecular weight is 256 g/mol. The lowest BCUT2D eigenvalue weighted by Gasteiger charge is -2.12. The van der Waals surface area contributed by atoms with Crippen molar-refractivity contribution in [2.45, 2.75) is 12.3 Å². The fraction of sp³-hybridized carbons (Fsp3) is 0.250. The van der Waals surface area contributed by atoms with Crippen molar-refractivity contribution in [1.29, 1.82) is 0 Å². The second kappa shape index (κ2) is 4.45. The third-order valence-corrected chi connectivity index (χ3v) is 2.66. The van der Waals surface area contributed by atoms with E-state index in [1.54, 1.807) is 17.8 Å². The number of aryl methyl sites for hydroxylation is 1. The van der Waals surface area contributed by atoms with Crippen molar-refractivity contribution in [2.75, 3.05) is 0 Å². The van der Waals surface area contributed by atoms with Crippen molar-refractivity contribution in [3.63, 3.8) is 0 Å². The predicted octanol–water partition coefficient (Wildman–Crippen LogP) is 2.52. The third kappa shape index (κ3) is 2.38. The van der Waals surface area contributed by atoms with Crippen LogP contribution in [0.2, 0.25) is 0 Å². The van der Waals surface area contributed by atoms with Crippen LogP contribution in [0.5, 0.6) is 0 Å². The molecule has 2 rings (SSSR count). The molecule has 0 amide bonds. The molecule has 96 valence electrons. The van der Waals surface area contributed by atoms with Gasteiger partial charge in [-0.3, -0.25) is 0 Å². The zero-order valence-corrected chi connectivity index (χ0v) is 9.52. The SMILES string of the molecule is Cn1ccnc1C(O)c1ccc(C(F)(F)F)cc1. The van der Waals surface area contributed by atoms with Crippen LogP contribution in [0.4, 0.5) is 13.2 Å². The van der Waals surface area contributed by atoms with Crippen LogP contribution in [-0.2, 0) is 13.2 Å². The first-order valence-corrected chi connectivity index (χ1v) is 5.22. The van der Waals surface area contributed by atoms with Gasteiger partial charge in [-0.25, -0.2) is 4.98 Å². The van der Waals surface area contributed by atoms with E-state index in [9.17, 15) is 18.3 Å². The summed E-state index contributed by atoms with van der Waals surface area (Å²) in [4.78, 5) is 3.95. The Kier molecular flexibility index (Phi) is 3.13. The Hall–Kier alpha value is -1.82. The summed E-state index contributed by atoms with van der Waals surface area (Å²) in [6.45, 7) is 0. The molecule has 0 aliphatic heterocycles. The molecular formula is C12H11F3N2O. The predicted molar refractivity (Wildman–Crippen MR) is 58.7 cm³/mol. The van der Waals surface area contributed by atoms with Gasteiger partial charge in [0.2, 0.25) is 0 Å². The van der Waals surface area contributed by atoms with Crippen molar-refractivity contribution in [3.8, 4) is 0 Å². The summed E-state index contributed by atoms with van der Waals surface area (Å²) in [5, 5.41) is 9.99. The molecular weight excluding hydrogens is 245 g/mol. The molecule has 1 N–H and O–H groups in total. The standard InChI is InChI=1S/C12H11F3N2O/c1-17-7-6-16-11(17)10(18)8-2-4-9(5-3-8)12(13,14)15/h2-7,10,18H,1H3. The summed E-state index contributed by atoms with van der Waals surface area (Å²) in [6.07, 6.45) is -2.23. The molecule has 0 spiro atoms. The van der Waals surface area contributed by atoms with Gasteiger partial charge in [0.1, 0.15) is 11.9 Å². The summed E-state index contributed by atoms with van der Waals surface area (Å²) >= 11 is 0. The lowest BCUT2D eigenvalue weighted by Crippen LogP contribution is -2.08. The molecule has 0 aliphatic carbocycles. The van der Waals surface area contributed by atoms with Crippen molar-refractivity contribution in [2.24, 2.45) is 7.05 Å². The molecule has 1 unspecified atom stereocenters. The molecule has 0 saturated carbocycles. The summed E-state index contributed by atoms with van der Waals surface area (Å²) < 4.78 is 38.8. The molecule has 0 saturated heterocycles. The summed E-state index contributed by atoms with van der Waals surface area (Å²) in [6, 6.07) is 4.40. The second-order valence-electron chi connectivity index (χ2n) is 3.92. The summed E-state index contributed by atoms with van der Waals surface area (Å²) in [7, 11) is 1.70. The van der Waals surface area contributed by atoms with Crippen LogP contribution in [0.1, 0.15) is 23.1 Å². The van der Waals surface area contributed by atoms with Gasteiger partial charge in [0.25, 0.3) is 0 Å². The minimum Gasteiger partial charge on any atom is -0.380 e. The Labute approximate surface area is 102 Å². The highest BCUT2D eigenvalue weighted by Crippen LogP contribution is 2.30. The maximum absolute atomic E-state index is 12.4. The molecule has 0 bridgehead atoms. The Morgan fingerprint density at radius 1 is 1.22 bits per heavy atom. The van der Waals surface area contributed by atoms with E-state index in [1.807, 2.05) is 0 Å². The van der Waals surface area contributed by atoms with Crippen molar-refractivity contribution >= 4 is 0 Å². The van der Waals surface area contributed by atoms with Crippen LogP contribution in [0, 0.1) is 0 Å². The Morgan fingerprint density at radius 3 is 2.28 bits per heavy atom. The zero-order chi connectivity index (χ0) is 13.3. The van der Waals surface area contributed by atoms with E-state index < -0.39 is 17.8 Å². The number of aromatic nitrogens is 2. The molecule has 2 aromatic rings. The van der Waals surface area contributed by atoms with Crippen LogP contribution in [0.15, 0.2) is 36.7 Å². The van der Waals surface area contributed by atoms with Crippen molar-refractivity contribution in [1.82, 2.24) is 9.55 Å². The van der Waals surface area contributed by atoms with Gasteiger partial charge in [-0.1, -0.05) is 12.1 Å². The van der Waals surface area contributed by atoms with Crippen LogP contribution >= 0.6 is 0 Å². The van der Waals surface area contributed by atoms with Crippen molar-refractivity contribution in [3.05, 3.63) is 53.6 Å². The minimum atomic E-state index is -4.37. The molecule has 1 atom stereocenters. The molecule has 18 heavy (non-hydrogen) atoms. The van der Waals surface area contributed by atoms with Crippen LogP contribution < -0.4 is 0 Å². The number of imidazole rings is 1. The lowest BCUT2D eigenvalue weighted by atomic mass is 10.1. The monoisotopic (exact) mass is 256 g/mol. The van der Waals surface area contributed by atoms with Gasteiger partial charge in [-0.05, 0) is 17.7 Å². The molecule has 1 heterocycles. The highest BCUT2D eigenvalue weighted by molar-refractivity contribution is 5.28. The van der Waals surface area contributed by atoms with E-state index in [1.165, 1.54) is 18.3 Å². The fourth-order valence-electron chi connectivity index (χ4n) is 1.64. The highest BCUT2D eigenvalue weighted by atomic mass is 19.4. The van der Waals surface area contributed by atoms with E-state index >= 15 is 0 Å². The third-order valence-electron chi connectivity index (χ3n) is 2.66. The number of benzene rings is 1. The number of hydrogen-bond donors (Lipinski definition) is 1. The number of aliphatic hydroxyl groups is 1. The van der Waals surface area contributed by atoms with E-state index in [0.717, 1.165) is 12.1 Å². The maximum atomic E-state index is 12.4. The van der Waals surface area contributed by atoms with Crippen molar-refractivity contribution < 1.29 is 18.3 Å². The van der Waals surface area contributed by atoms with Gasteiger partial charge < -0.3 is 9.67 Å². The molecule has 3 nitrogen and oxygen atoms in total.